The Hall–Kier alpha value is -1.37. The lowest BCUT2D eigenvalue weighted by Gasteiger charge is -2.20. The number of hydrogen-bond acceptors (Lipinski definition) is 3. The molecular formula is C13H14ClNO4S. The summed E-state index contributed by atoms with van der Waals surface area (Å²) >= 11 is 5.75. The molecule has 0 bridgehead atoms. The van der Waals surface area contributed by atoms with E-state index in [-0.39, 0.29) is 28.1 Å². The van der Waals surface area contributed by atoms with E-state index in [1.807, 2.05) is 0 Å². The van der Waals surface area contributed by atoms with Gasteiger partial charge in [0.05, 0.1) is 15.5 Å². The van der Waals surface area contributed by atoms with Gasteiger partial charge in [-0.05, 0) is 31.0 Å². The van der Waals surface area contributed by atoms with Crippen molar-refractivity contribution in [2.75, 3.05) is 6.54 Å². The quantitative estimate of drug-likeness (QED) is 0.818. The summed E-state index contributed by atoms with van der Waals surface area (Å²) in [5.41, 5.74) is -0.220. The monoisotopic (exact) mass is 315 g/mol. The lowest BCUT2D eigenvalue weighted by Crippen LogP contribution is -2.33. The van der Waals surface area contributed by atoms with E-state index >= 15 is 0 Å². The second-order valence-corrected chi connectivity index (χ2v) is 6.84. The van der Waals surface area contributed by atoms with Crippen molar-refractivity contribution >= 4 is 27.6 Å². The van der Waals surface area contributed by atoms with Gasteiger partial charge >= 0.3 is 5.97 Å². The molecule has 2 rings (SSSR count). The van der Waals surface area contributed by atoms with Gasteiger partial charge in [-0.25, -0.2) is 13.2 Å². The third-order valence-electron chi connectivity index (χ3n) is 3.04. The maximum atomic E-state index is 12.5. The van der Waals surface area contributed by atoms with Crippen LogP contribution in [0.15, 0.2) is 35.7 Å². The van der Waals surface area contributed by atoms with E-state index in [2.05, 4.69) is 6.58 Å². The van der Waals surface area contributed by atoms with Crippen LogP contribution in [0.1, 0.15) is 23.2 Å². The molecular weight excluding hydrogens is 302 g/mol. The molecule has 1 N–H and O–H groups in total. The smallest absolute Gasteiger partial charge is 0.337 e. The zero-order valence-electron chi connectivity index (χ0n) is 10.6. The molecule has 0 unspecified atom stereocenters. The van der Waals surface area contributed by atoms with Crippen molar-refractivity contribution in [2.24, 2.45) is 0 Å². The van der Waals surface area contributed by atoms with Crippen molar-refractivity contribution in [3.05, 3.63) is 41.4 Å². The lowest BCUT2D eigenvalue weighted by molar-refractivity contribution is 0.0697. The summed E-state index contributed by atoms with van der Waals surface area (Å²) in [6.45, 7) is 3.76. The highest BCUT2D eigenvalue weighted by molar-refractivity contribution is 7.89. The predicted octanol–water partition coefficient (Wildman–Crippen LogP) is 2.38. The molecule has 20 heavy (non-hydrogen) atoms. The van der Waals surface area contributed by atoms with Gasteiger partial charge in [-0.1, -0.05) is 17.7 Å². The van der Waals surface area contributed by atoms with Gasteiger partial charge in [0, 0.05) is 12.6 Å². The van der Waals surface area contributed by atoms with E-state index < -0.39 is 16.0 Å². The number of halogens is 1. The Bertz CT molecular complexity index is 652. The molecule has 1 fully saturated rings. The number of aromatic carboxylic acids is 1. The van der Waals surface area contributed by atoms with Crippen molar-refractivity contribution in [3.8, 4) is 0 Å². The van der Waals surface area contributed by atoms with Crippen molar-refractivity contribution in [1.29, 1.82) is 0 Å². The van der Waals surface area contributed by atoms with Crippen molar-refractivity contribution < 1.29 is 18.3 Å². The molecule has 0 aromatic heterocycles. The molecule has 0 amide bonds. The maximum Gasteiger partial charge on any atom is 0.337 e. The first-order valence-corrected chi connectivity index (χ1v) is 7.85. The summed E-state index contributed by atoms with van der Waals surface area (Å²) in [5.74, 6) is -1.26. The Morgan fingerprint density at radius 3 is 2.65 bits per heavy atom. The first-order chi connectivity index (χ1) is 9.37. The van der Waals surface area contributed by atoms with E-state index in [4.69, 9.17) is 16.7 Å². The molecule has 0 spiro atoms. The minimum Gasteiger partial charge on any atom is -0.478 e. The molecule has 0 saturated heterocycles. The molecule has 5 nitrogen and oxygen atoms in total. The topological polar surface area (TPSA) is 74.7 Å². The van der Waals surface area contributed by atoms with Crippen molar-refractivity contribution in [2.45, 2.75) is 23.8 Å². The molecule has 0 aliphatic heterocycles. The van der Waals surface area contributed by atoms with Crippen molar-refractivity contribution in [1.82, 2.24) is 4.31 Å². The molecule has 0 heterocycles. The van der Waals surface area contributed by atoms with Gasteiger partial charge in [0.15, 0.2) is 0 Å². The summed E-state index contributed by atoms with van der Waals surface area (Å²) in [6, 6.07) is 3.68. The molecule has 0 atom stereocenters. The number of sulfonamides is 1. The van der Waals surface area contributed by atoms with Gasteiger partial charge in [-0.3, -0.25) is 0 Å². The Morgan fingerprint density at radius 1 is 1.50 bits per heavy atom. The van der Waals surface area contributed by atoms with Crippen LogP contribution in [0.25, 0.3) is 0 Å². The Labute approximate surface area is 122 Å². The van der Waals surface area contributed by atoms with Crippen LogP contribution in [-0.4, -0.2) is 36.4 Å². The largest absolute Gasteiger partial charge is 0.478 e. The highest BCUT2D eigenvalue weighted by Crippen LogP contribution is 2.32. The summed E-state index contributed by atoms with van der Waals surface area (Å²) in [4.78, 5) is 11.0. The fourth-order valence-corrected chi connectivity index (χ4v) is 3.78. The fourth-order valence-electron chi connectivity index (χ4n) is 1.90. The lowest BCUT2D eigenvalue weighted by atomic mass is 10.2. The van der Waals surface area contributed by atoms with E-state index in [0.717, 1.165) is 18.9 Å². The zero-order valence-corrected chi connectivity index (χ0v) is 12.2. The highest BCUT2D eigenvalue weighted by atomic mass is 35.5. The van der Waals surface area contributed by atoms with Gasteiger partial charge in [-0.2, -0.15) is 4.31 Å². The average molecular weight is 316 g/mol. The second kappa shape index (κ2) is 5.55. The number of carboxylic acids is 1. The SMILES string of the molecule is C=CCN(C1CC1)S(=O)(=O)c1ccc(Cl)c(C(=O)O)c1. The summed E-state index contributed by atoms with van der Waals surface area (Å²) < 4.78 is 26.4. The average Bonchev–Trinajstić information content (AvgIpc) is 3.19. The van der Waals surface area contributed by atoms with Gasteiger partial charge in [0.2, 0.25) is 10.0 Å². The van der Waals surface area contributed by atoms with Crippen LogP contribution >= 0.6 is 11.6 Å². The minimum absolute atomic E-state index is 0.0122. The van der Waals surface area contributed by atoms with Crippen LogP contribution in [0.5, 0.6) is 0 Å². The Balaban J connectivity index is 2.45. The standard InChI is InChI=1S/C13H14ClNO4S/c1-2-7-15(9-3-4-9)20(18,19)10-5-6-12(14)11(8-10)13(16)17/h2,5-6,8-9H,1,3-4,7H2,(H,16,17). The molecule has 1 aromatic rings. The molecule has 0 radical (unpaired) electrons. The number of carbonyl (C=O) groups is 1. The summed E-state index contributed by atoms with van der Waals surface area (Å²) in [7, 11) is -3.73. The van der Waals surface area contributed by atoms with Gasteiger partial charge < -0.3 is 5.11 Å². The normalized spacial score (nSPS) is 15.3. The first kappa shape index (κ1) is 15.0. The number of rotatable bonds is 6. The predicted molar refractivity (Wildman–Crippen MR) is 75.5 cm³/mol. The Morgan fingerprint density at radius 2 is 2.15 bits per heavy atom. The van der Waals surface area contributed by atoms with E-state index in [0.29, 0.717) is 0 Å². The van der Waals surface area contributed by atoms with Gasteiger partial charge in [0.25, 0.3) is 0 Å². The zero-order chi connectivity index (χ0) is 14.9. The van der Waals surface area contributed by atoms with E-state index in [1.165, 1.54) is 22.5 Å². The van der Waals surface area contributed by atoms with Gasteiger partial charge in [-0.15, -0.1) is 6.58 Å². The first-order valence-electron chi connectivity index (χ1n) is 6.03. The second-order valence-electron chi connectivity index (χ2n) is 4.54. The van der Waals surface area contributed by atoms with Crippen LogP contribution in [0.2, 0.25) is 5.02 Å². The highest BCUT2D eigenvalue weighted by Gasteiger charge is 2.37. The number of benzene rings is 1. The summed E-state index contributed by atoms with van der Waals surface area (Å²) in [5, 5.41) is 9.02. The molecule has 7 heteroatoms. The third-order valence-corrected chi connectivity index (χ3v) is 5.28. The molecule has 1 aromatic carbocycles. The van der Waals surface area contributed by atoms with Gasteiger partial charge in [0.1, 0.15) is 0 Å². The van der Waals surface area contributed by atoms with Crippen LogP contribution in [0, 0.1) is 0 Å². The number of nitrogens with zero attached hydrogens (tertiary/aromatic N) is 1. The van der Waals surface area contributed by atoms with Crippen LogP contribution in [-0.2, 0) is 10.0 Å². The maximum absolute atomic E-state index is 12.5. The minimum atomic E-state index is -3.73. The Kier molecular flexibility index (Phi) is 4.17. The van der Waals surface area contributed by atoms with E-state index in [9.17, 15) is 13.2 Å². The fraction of sp³-hybridized carbons (Fsp3) is 0.308. The van der Waals surface area contributed by atoms with Crippen LogP contribution in [0.3, 0.4) is 0 Å². The molecule has 1 aliphatic rings. The number of carboxylic acid groups (broad SMARTS) is 1. The molecule has 1 saturated carbocycles. The third kappa shape index (κ3) is 2.87. The molecule has 1 aliphatic carbocycles. The van der Waals surface area contributed by atoms with E-state index in [1.54, 1.807) is 0 Å². The van der Waals surface area contributed by atoms with Crippen LogP contribution < -0.4 is 0 Å². The number of hydrogen-bond donors (Lipinski definition) is 1. The molecule has 108 valence electrons. The van der Waals surface area contributed by atoms with Crippen LogP contribution in [0.4, 0.5) is 0 Å². The summed E-state index contributed by atoms with van der Waals surface area (Å²) in [6.07, 6.45) is 3.14. The van der Waals surface area contributed by atoms with Crippen molar-refractivity contribution in [3.63, 3.8) is 0 Å².